The Morgan fingerprint density at radius 2 is 2.14 bits per heavy atom. The summed E-state index contributed by atoms with van der Waals surface area (Å²) in [7, 11) is 0.0393. The number of carbonyl (C=O) groups excluding carboxylic acids is 1. The highest BCUT2D eigenvalue weighted by molar-refractivity contribution is 7.84. The third-order valence-electron chi connectivity index (χ3n) is 1.50. The molecule has 5 nitrogen and oxygen atoms in total. The van der Waals surface area contributed by atoms with Gasteiger partial charge in [0.25, 0.3) is 0 Å². The van der Waals surface area contributed by atoms with Crippen LogP contribution in [0.4, 0.5) is 0 Å². The molecule has 0 aromatic carbocycles. The summed E-state index contributed by atoms with van der Waals surface area (Å²) in [5, 5.41) is 0.331. The monoisotopic (exact) mass is 214 g/mol. The first kappa shape index (κ1) is 10.8. The van der Waals surface area contributed by atoms with Gasteiger partial charge in [-0.1, -0.05) is 0 Å². The molecule has 0 spiro atoms. The number of aromatic nitrogens is 2. The normalized spacial score (nSPS) is 12.2. The molecule has 6 heteroatoms. The lowest BCUT2D eigenvalue weighted by Crippen LogP contribution is -2.08. The summed E-state index contributed by atoms with van der Waals surface area (Å²) in [6.07, 6.45) is 1.49. The van der Waals surface area contributed by atoms with Gasteiger partial charge in [-0.3, -0.25) is 4.21 Å². The van der Waals surface area contributed by atoms with Crippen molar-refractivity contribution in [3.8, 4) is 0 Å². The predicted molar refractivity (Wildman–Crippen MR) is 50.4 cm³/mol. The molecule has 0 bridgehead atoms. The highest BCUT2D eigenvalue weighted by Crippen LogP contribution is 2.05. The zero-order chi connectivity index (χ0) is 10.7. The molecule has 0 saturated carbocycles. The molecule has 1 aromatic heterocycles. The number of ether oxygens (including phenoxy) is 1. The van der Waals surface area contributed by atoms with E-state index in [1.807, 2.05) is 0 Å². The molecule has 0 fully saturated rings. The maximum absolute atomic E-state index is 11.1. The van der Waals surface area contributed by atoms with E-state index in [2.05, 4.69) is 14.7 Å². The summed E-state index contributed by atoms with van der Waals surface area (Å²) in [5.41, 5.74) is 0.130. The van der Waals surface area contributed by atoms with Crippen LogP contribution < -0.4 is 0 Å². The molecule has 14 heavy (non-hydrogen) atoms. The SMILES string of the molecule is COC(=O)c1cc(S(C)=O)nc(C)n1. The molecule has 1 rings (SSSR count). The minimum Gasteiger partial charge on any atom is -0.464 e. The largest absolute Gasteiger partial charge is 0.464 e. The lowest BCUT2D eigenvalue weighted by molar-refractivity contribution is 0.0593. The second kappa shape index (κ2) is 4.28. The Kier molecular flexibility index (Phi) is 3.29. The molecule has 0 aliphatic rings. The van der Waals surface area contributed by atoms with Crippen LogP contribution >= 0.6 is 0 Å². The Bertz CT molecular complexity index is 392. The number of rotatable bonds is 2. The first-order chi connectivity index (χ1) is 6.54. The van der Waals surface area contributed by atoms with Gasteiger partial charge in [-0.25, -0.2) is 14.8 Å². The van der Waals surface area contributed by atoms with Gasteiger partial charge in [0, 0.05) is 12.3 Å². The minimum absolute atomic E-state index is 0.130. The smallest absolute Gasteiger partial charge is 0.356 e. The summed E-state index contributed by atoms with van der Waals surface area (Å²) < 4.78 is 15.6. The fourth-order valence-corrected chi connectivity index (χ4v) is 1.43. The lowest BCUT2D eigenvalue weighted by atomic mass is 10.4. The number of aryl methyl sites for hydroxylation is 1. The van der Waals surface area contributed by atoms with Crippen molar-refractivity contribution in [2.75, 3.05) is 13.4 Å². The molecular weight excluding hydrogens is 204 g/mol. The number of hydrogen-bond acceptors (Lipinski definition) is 5. The van der Waals surface area contributed by atoms with E-state index in [4.69, 9.17) is 0 Å². The van der Waals surface area contributed by atoms with Crippen molar-refractivity contribution < 1.29 is 13.7 Å². The van der Waals surface area contributed by atoms with Crippen LogP contribution in [-0.2, 0) is 15.5 Å². The van der Waals surface area contributed by atoms with E-state index in [1.165, 1.54) is 19.4 Å². The molecule has 1 unspecified atom stereocenters. The highest BCUT2D eigenvalue weighted by Gasteiger charge is 2.11. The number of hydrogen-bond donors (Lipinski definition) is 0. The third kappa shape index (κ3) is 2.35. The summed E-state index contributed by atoms with van der Waals surface area (Å²) in [6, 6.07) is 1.37. The number of carbonyl (C=O) groups is 1. The first-order valence-electron chi connectivity index (χ1n) is 3.82. The second-order valence-electron chi connectivity index (χ2n) is 2.58. The van der Waals surface area contributed by atoms with E-state index in [-0.39, 0.29) is 5.69 Å². The van der Waals surface area contributed by atoms with Crippen LogP contribution in [0.15, 0.2) is 11.1 Å². The van der Waals surface area contributed by atoms with Gasteiger partial charge in [-0.2, -0.15) is 0 Å². The van der Waals surface area contributed by atoms with E-state index in [9.17, 15) is 9.00 Å². The first-order valence-corrected chi connectivity index (χ1v) is 5.38. The second-order valence-corrected chi connectivity index (χ2v) is 3.91. The number of methoxy groups -OCH3 is 1. The summed E-state index contributed by atoms with van der Waals surface area (Å²) in [6.45, 7) is 1.63. The standard InChI is InChI=1S/C8H10N2O3S/c1-5-9-6(8(11)13-2)4-7(10-5)14(3)12/h4H,1-3H3. The molecule has 0 amide bonds. The zero-order valence-electron chi connectivity index (χ0n) is 8.10. The van der Waals surface area contributed by atoms with Crippen molar-refractivity contribution in [1.29, 1.82) is 0 Å². The van der Waals surface area contributed by atoms with Crippen molar-refractivity contribution in [2.45, 2.75) is 11.9 Å². The van der Waals surface area contributed by atoms with Crippen LogP contribution in [0.2, 0.25) is 0 Å². The topological polar surface area (TPSA) is 69.2 Å². The maximum atomic E-state index is 11.1. The van der Waals surface area contributed by atoms with Gasteiger partial charge in [0.1, 0.15) is 10.9 Å². The molecule has 0 aliphatic carbocycles. The van der Waals surface area contributed by atoms with Gasteiger partial charge < -0.3 is 4.74 Å². The molecule has 1 heterocycles. The zero-order valence-corrected chi connectivity index (χ0v) is 8.92. The fraction of sp³-hybridized carbons (Fsp3) is 0.375. The molecular formula is C8H10N2O3S. The van der Waals surface area contributed by atoms with E-state index < -0.39 is 16.8 Å². The van der Waals surface area contributed by atoms with E-state index >= 15 is 0 Å². The summed E-state index contributed by atoms with van der Waals surface area (Å²) >= 11 is 0. The molecule has 0 radical (unpaired) electrons. The van der Waals surface area contributed by atoms with Gasteiger partial charge in [0.05, 0.1) is 17.9 Å². The Labute approximate surface area is 84.0 Å². The van der Waals surface area contributed by atoms with Crippen LogP contribution in [0, 0.1) is 6.92 Å². The molecule has 0 N–H and O–H groups in total. The predicted octanol–water partition coefficient (Wildman–Crippen LogP) is 0.309. The Morgan fingerprint density at radius 3 is 2.64 bits per heavy atom. The minimum atomic E-state index is -1.23. The summed E-state index contributed by atoms with van der Waals surface area (Å²) in [5.74, 6) is -0.152. The Morgan fingerprint density at radius 1 is 1.50 bits per heavy atom. The quantitative estimate of drug-likeness (QED) is 0.523. The van der Waals surface area contributed by atoms with Crippen LogP contribution in [0.1, 0.15) is 16.3 Å². The van der Waals surface area contributed by atoms with E-state index in [0.29, 0.717) is 10.9 Å². The Hall–Kier alpha value is -1.30. The highest BCUT2D eigenvalue weighted by atomic mass is 32.2. The average Bonchev–Trinajstić information content (AvgIpc) is 2.15. The molecule has 0 saturated heterocycles. The van der Waals surface area contributed by atoms with Crippen molar-refractivity contribution >= 4 is 16.8 Å². The number of esters is 1. The van der Waals surface area contributed by atoms with E-state index in [0.717, 1.165) is 0 Å². The van der Waals surface area contributed by atoms with Gasteiger partial charge in [0.2, 0.25) is 0 Å². The molecule has 76 valence electrons. The van der Waals surface area contributed by atoms with Gasteiger partial charge in [-0.15, -0.1) is 0 Å². The summed E-state index contributed by atoms with van der Waals surface area (Å²) in [4.78, 5) is 18.9. The lowest BCUT2D eigenvalue weighted by Gasteiger charge is -2.01. The van der Waals surface area contributed by atoms with Crippen molar-refractivity contribution in [3.05, 3.63) is 17.6 Å². The van der Waals surface area contributed by atoms with Gasteiger partial charge >= 0.3 is 5.97 Å². The van der Waals surface area contributed by atoms with Crippen LogP contribution in [0.3, 0.4) is 0 Å². The van der Waals surface area contributed by atoms with Crippen LogP contribution in [0.5, 0.6) is 0 Å². The van der Waals surface area contributed by atoms with Crippen molar-refractivity contribution in [2.24, 2.45) is 0 Å². The van der Waals surface area contributed by atoms with Crippen LogP contribution in [-0.4, -0.2) is 33.5 Å². The third-order valence-corrected chi connectivity index (χ3v) is 2.30. The van der Waals surface area contributed by atoms with Gasteiger partial charge in [-0.05, 0) is 6.92 Å². The van der Waals surface area contributed by atoms with Crippen molar-refractivity contribution in [3.63, 3.8) is 0 Å². The van der Waals surface area contributed by atoms with Gasteiger partial charge in [0.15, 0.2) is 5.69 Å². The fourth-order valence-electron chi connectivity index (χ4n) is 0.897. The Balaban J connectivity index is 3.20. The van der Waals surface area contributed by atoms with Crippen LogP contribution in [0.25, 0.3) is 0 Å². The molecule has 1 aromatic rings. The maximum Gasteiger partial charge on any atom is 0.356 e. The average molecular weight is 214 g/mol. The van der Waals surface area contributed by atoms with E-state index in [1.54, 1.807) is 6.92 Å². The van der Waals surface area contributed by atoms with Crippen molar-refractivity contribution in [1.82, 2.24) is 9.97 Å². The number of nitrogens with zero attached hydrogens (tertiary/aromatic N) is 2. The molecule has 1 atom stereocenters. The molecule has 0 aliphatic heterocycles.